The summed E-state index contributed by atoms with van der Waals surface area (Å²) in [6.07, 6.45) is 9.15. The van der Waals surface area contributed by atoms with Crippen molar-refractivity contribution in [2.75, 3.05) is 18.8 Å². The molecule has 1 saturated carbocycles. The molecule has 0 aromatic carbocycles. The molecule has 1 unspecified atom stereocenters. The van der Waals surface area contributed by atoms with Gasteiger partial charge >= 0.3 is 0 Å². The highest BCUT2D eigenvalue weighted by atomic mass is 32.2. The van der Waals surface area contributed by atoms with Crippen molar-refractivity contribution in [2.24, 2.45) is 11.8 Å². The summed E-state index contributed by atoms with van der Waals surface area (Å²) in [6.45, 7) is 4.42. The number of rotatable bonds is 4. The number of piperidine rings is 1. The Labute approximate surface area is 102 Å². The van der Waals surface area contributed by atoms with E-state index in [1.165, 1.54) is 44.9 Å². The van der Waals surface area contributed by atoms with Crippen LogP contribution in [0.2, 0.25) is 0 Å². The lowest BCUT2D eigenvalue weighted by Gasteiger charge is -2.26. The molecule has 1 saturated heterocycles. The zero-order chi connectivity index (χ0) is 11.4. The van der Waals surface area contributed by atoms with Crippen LogP contribution in [0.25, 0.3) is 0 Å². The molecule has 0 radical (unpaired) electrons. The normalized spacial score (nSPS) is 34.1. The Morgan fingerprint density at radius 1 is 1.12 bits per heavy atom. The number of nitrogens with zero attached hydrogens (tertiary/aromatic N) is 1. The van der Waals surface area contributed by atoms with Gasteiger partial charge in [-0.25, -0.2) is 8.51 Å². The highest BCUT2D eigenvalue weighted by Crippen LogP contribution is 2.33. The zero-order valence-electron chi connectivity index (χ0n) is 10.5. The van der Waals surface area contributed by atoms with Crippen LogP contribution < -0.4 is 0 Å². The third kappa shape index (κ3) is 3.30. The van der Waals surface area contributed by atoms with Gasteiger partial charge in [-0.1, -0.05) is 26.2 Å². The van der Waals surface area contributed by atoms with Gasteiger partial charge < -0.3 is 0 Å². The van der Waals surface area contributed by atoms with Crippen molar-refractivity contribution in [3.8, 4) is 0 Å². The second kappa shape index (κ2) is 6.15. The zero-order valence-corrected chi connectivity index (χ0v) is 11.3. The van der Waals surface area contributed by atoms with E-state index < -0.39 is 11.0 Å². The molecular weight excluding hydrogens is 218 g/mol. The Balaban J connectivity index is 1.74. The molecule has 3 atom stereocenters. The van der Waals surface area contributed by atoms with Gasteiger partial charge in [0.25, 0.3) is 0 Å². The highest BCUT2D eigenvalue weighted by molar-refractivity contribution is 7.82. The van der Waals surface area contributed by atoms with E-state index in [9.17, 15) is 4.21 Å². The average Bonchev–Trinajstić information content (AvgIpc) is 2.78. The molecule has 2 fully saturated rings. The summed E-state index contributed by atoms with van der Waals surface area (Å²) in [4.78, 5) is 0. The molecule has 0 aromatic heterocycles. The third-order valence-corrected chi connectivity index (χ3v) is 5.91. The molecule has 94 valence electrons. The Hall–Kier alpha value is 0.110. The predicted octanol–water partition coefficient (Wildman–Crippen LogP) is 2.96. The predicted molar refractivity (Wildman–Crippen MR) is 69.6 cm³/mol. The largest absolute Gasteiger partial charge is 0.243 e. The molecule has 3 heteroatoms. The van der Waals surface area contributed by atoms with Crippen LogP contribution in [0.1, 0.15) is 51.9 Å². The lowest BCUT2D eigenvalue weighted by atomic mass is 10.0. The Bertz CT molecular complexity index is 238. The third-order valence-electron chi connectivity index (χ3n) is 4.21. The van der Waals surface area contributed by atoms with Crippen LogP contribution in [0, 0.1) is 11.8 Å². The lowest BCUT2D eigenvalue weighted by Crippen LogP contribution is -2.34. The van der Waals surface area contributed by atoms with E-state index in [1.807, 2.05) is 0 Å². The summed E-state index contributed by atoms with van der Waals surface area (Å²) >= 11 is 0. The van der Waals surface area contributed by atoms with E-state index in [0.29, 0.717) is 0 Å². The summed E-state index contributed by atoms with van der Waals surface area (Å²) in [5.74, 6) is 2.60. The topological polar surface area (TPSA) is 20.3 Å². The molecule has 0 spiro atoms. The van der Waals surface area contributed by atoms with Crippen LogP contribution in [0.4, 0.5) is 0 Å². The van der Waals surface area contributed by atoms with Crippen molar-refractivity contribution in [2.45, 2.75) is 51.9 Å². The maximum atomic E-state index is 12.2. The van der Waals surface area contributed by atoms with Crippen molar-refractivity contribution in [1.82, 2.24) is 4.31 Å². The van der Waals surface area contributed by atoms with E-state index in [4.69, 9.17) is 0 Å². The maximum absolute atomic E-state index is 12.2. The standard InChI is InChI=1S/C13H25NOS/c1-2-12-6-7-13(10-12)11-16(15)14-8-4-3-5-9-14/h12-13H,2-11H2,1H3/t12-,13-,16?/m0/s1. The van der Waals surface area contributed by atoms with Crippen molar-refractivity contribution in [1.29, 1.82) is 0 Å². The van der Waals surface area contributed by atoms with Crippen molar-refractivity contribution < 1.29 is 4.21 Å². The fourth-order valence-electron chi connectivity index (χ4n) is 3.08. The van der Waals surface area contributed by atoms with Gasteiger partial charge in [0.2, 0.25) is 0 Å². The molecule has 1 heterocycles. The molecule has 1 aliphatic heterocycles. The van der Waals surface area contributed by atoms with Gasteiger partial charge in [0.15, 0.2) is 0 Å². The van der Waals surface area contributed by atoms with E-state index in [-0.39, 0.29) is 0 Å². The highest BCUT2D eigenvalue weighted by Gasteiger charge is 2.27. The molecule has 0 bridgehead atoms. The molecule has 2 nitrogen and oxygen atoms in total. The summed E-state index contributed by atoms with van der Waals surface area (Å²) in [7, 11) is -0.680. The van der Waals surface area contributed by atoms with Gasteiger partial charge in [0.1, 0.15) is 0 Å². The van der Waals surface area contributed by atoms with Gasteiger partial charge in [-0.2, -0.15) is 0 Å². The van der Waals surface area contributed by atoms with Crippen LogP contribution in [0.15, 0.2) is 0 Å². The van der Waals surface area contributed by atoms with Gasteiger partial charge in [0.05, 0.1) is 11.0 Å². The van der Waals surface area contributed by atoms with E-state index in [0.717, 1.165) is 30.7 Å². The molecule has 2 aliphatic rings. The number of hydrogen-bond donors (Lipinski definition) is 0. The minimum atomic E-state index is -0.680. The summed E-state index contributed by atoms with van der Waals surface area (Å²) in [6, 6.07) is 0. The summed E-state index contributed by atoms with van der Waals surface area (Å²) in [5.41, 5.74) is 0. The van der Waals surface area contributed by atoms with Crippen LogP contribution in [-0.2, 0) is 11.0 Å². The van der Waals surface area contributed by atoms with E-state index in [2.05, 4.69) is 11.2 Å². The molecule has 16 heavy (non-hydrogen) atoms. The first-order valence-electron chi connectivity index (χ1n) is 6.93. The van der Waals surface area contributed by atoms with Crippen molar-refractivity contribution in [3.05, 3.63) is 0 Å². The molecule has 0 N–H and O–H groups in total. The molecular formula is C13H25NOS. The van der Waals surface area contributed by atoms with Gasteiger partial charge in [-0.05, 0) is 37.5 Å². The van der Waals surface area contributed by atoms with Crippen LogP contribution in [0.5, 0.6) is 0 Å². The first kappa shape index (κ1) is 12.6. The van der Waals surface area contributed by atoms with Crippen LogP contribution in [0.3, 0.4) is 0 Å². The Kier molecular flexibility index (Phi) is 4.83. The molecule has 0 aromatic rings. The van der Waals surface area contributed by atoms with Crippen LogP contribution in [-0.4, -0.2) is 27.4 Å². The van der Waals surface area contributed by atoms with E-state index >= 15 is 0 Å². The first-order valence-corrected chi connectivity index (χ1v) is 8.20. The van der Waals surface area contributed by atoms with Gasteiger partial charge in [-0.3, -0.25) is 0 Å². The minimum Gasteiger partial charge on any atom is -0.243 e. The Morgan fingerprint density at radius 3 is 2.44 bits per heavy atom. The molecule has 2 rings (SSSR count). The van der Waals surface area contributed by atoms with Crippen molar-refractivity contribution >= 4 is 11.0 Å². The Morgan fingerprint density at radius 2 is 1.81 bits per heavy atom. The second-order valence-corrected chi connectivity index (χ2v) is 6.92. The molecule has 0 amide bonds. The molecule has 1 aliphatic carbocycles. The SMILES string of the molecule is CC[C@H]1CC[C@H](CS(=O)N2CCCCC2)C1. The van der Waals surface area contributed by atoms with Crippen LogP contribution >= 0.6 is 0 Å². The lowest BCUT2D eigenvalue weighted by molar-refractivity contribution is 0.362. The van der Waals surface area contributed by atoms with Gasteiger partial charge in [-0.15, -0.1) is 0 Å². The maximum Gasteiger partial charge on any atom is 0.0945 e. The first-order chi connectivity index (χ1) is 7.79. The summed E-state index contributed by atoms with van der Waals surface area (Å²) in [5, 5.41) is 0. The van der Waals surface area contributed by atoms with Crippen molar-refractivity contribution in [3.63, 3.8) is 0 Å². The average molecular weight is 243 g/mol. The quantitative estimate of drug-likeness (QED) is 0.743. The summed E-state index contributed by atoms with van der Waals surface area (Å²) < 4.78 is 14.4. The smallest absolute Gasteiger partial charge is 0.0945 e. The fraction of sp³-hybridized carbons (Fsp3) is 1.00. The number of hydrogen-bond acceptors (Lipinski definition) is 1. The van der Waals surface area contributed by atoms with Gasteiger partial charge in [0, 0.05) is 18.8 Å². The second-order valence-electron chi connectivity index (χ2n) is 5.43. The van der Waals surface area contributed by atoms with E-state index in [1.54, 1.807) is 0 Å². The fourth-order valence-corrected chi connectivity index (χ4v) is 4.66. The monoisotopic (exact) mass is 243 g/mol. The minimum absolute atomic E-state index is 0.680.